The minimum Gasteiger partial charge on any atom is -0.430 e. The van der Waals surface area contributed by atoms with Gasteiger partial charge in [-0.05, 0) is 12.3 Å². The van der Waals surface area contributed by atoms with Gasteiger partial charge in [-0.1, -0.05) is 33.1 Å². The molecule has 0 fully saturated rings. The zero-order valence-electron chi connectivity index (χ0n) is 9.58. The zero-order valence-corrected chi connectivity index (χ0v) is 10.5. The predicted octanol–water partition coefficient (Wildman–Crippen LogP) is 3.88. The van der Waals surface area contributed by atoms with Crippen molar-refractivity contribution >= 4 is 19.6 Å². The fourth-order valence-corrected chi connectivity index (χ4v) is 1.49. The average Bonchev–Trinajstić information content (AvgIpc) is 2.17. The Labute approximate surface area is 88.4 Å². The number of unbranched alkanes of at least 4 members (excludes halogenated alkanes) is 1. The summed E-state index contributed by atoms with van der Waals surface area (Å²) >= 11 is 0. The van der Waals surface area contributed by atoms with Crippen LogP contribution in [0.1, 0.15) is 39.5 Å². The summed E-state index contributed by atoms with van der Waals surface area (Å²) in [6, 6.07) is 0. The molecule has 0 saturated heterocycles. The fraction of sp³-hybridized carbons (Fsp3) is 0.818. The van der Waals surface area contributed by atoms with Gasteiger partial charge in [0.05, 0.1) is 12.9 Å². The van der Waals surface area contributed by atoms with Crippen LogP contribution in [0.2, 0.25) is 0 Å². The van der Waals surface area contributed by atoms with E-state index in [0.717, 1.165) is 6.42 Å². The van der Waals surface area contributed by atoms with Gasteiger partial charge < -0.3 is 4.74 Å². The maximum atomic E-state index is 11.2. The largest absolute Gasteiger partial charge is 0.509 e. The molecule has 0 heterocycles. The number of ether oxygens (including phenoxy) is 1. The highest BCUT2D eigenvalue weighted by atomic mass is 31.1. The van der Waals surface area contributed by atoms with Gasteiger partial charge in [-0.15, -0.1) is 0 Å². The van der Waals surface area contributed by atoms with E-state index in [2.05, 4.69) is 20.1 Å². The van der Waals surface area contributed by atoms with E-state index in [4.69, 9.17) is 4.74 Å². The summed E-state index contributed by atoms with van der Waals surface area (Å²) in [4.78, 5) is 11.2. The van der Waals surface area contributed by atoms with Crippen LogP contribution in [0.3, 0.4) is 0 Å². The highest BCUT2D eigenvalue weighted by molar-refractivity contribution is 7.71. The van der Waals surface area contributed by atoms with E-state index in [1.165, 1.54) is 19.3 Å². The Morgan fingerprint density at radius 3 is 2.57 bits per heavy atom. The Hall–Kier alpha value is -0.360. The van der Waals surface area contributed by atoms with Crippen molar-refractivity contribution in [1.29, 1.82) is 0 Å². The Morgan fingerprint density at radius 1 is 1.50 bits per heavy atom. The van der Waals surface area contributed by atoms with E-state index < -0.39 is 7.55 Å². The van der Waals surface area contributed by atoms with Gasteiger partial charge in [-0.2, -0.15) is 4.79 Å². The summed E-state index contributed by atoms with van der Waals surface area (Å²) in [6.45, 7) is 6.73. The van der Waals surface area contributed by atoms with Crippen LogP contribution >= 0.6 is 7.55 Å². The van der Waals surface area contributed by atoms with E-state index >= 15 is 0 Å². The van der Waals surface area contributed by atoms with Crippen LogP contribution in [0.5, 0.6) is 0 Å². The van der Waals surface area contributed by atoms with Crippen molar-refractivity contribution in [2.45, 2.75) is 39.5 Å². The second-order valence-corrected chi connectivity index (χ2v) is 5.45. The Morgan fingerprint density at radius 2 is 2.14 bits per heavy atom. The molecule has 0 rings (SSSR count). The molecule has 0 aliphatic heterocycles. The van der Waals surface area contributed by atoms with Crippen molar-refractivity contribution < 1.29 is 9.53 Å². The maximum absolute atomic E-state index is 11.2. The van der Waals surface area contributed by atoms with Gasteiger partial charge in [-0.3, -0.25) is 0 Å². The quantitative estimate of drug-likeness (QED) is 0.605. The standard InChI is InChI=1S/C11H22O2P/c1-5-7-8-10(6-2)9-13-11(12)14(3)4/h10H,3,5-9H2,1-2,4H3/q+1. The summed E-state index contributed by atoms with van der Waals surface area (Å²) < 4.78 is 5.18. The van der Waals surface area contributed by atoms with Crippen molar-refractivity contribution in [2.75, 3.05) is 13.3 Å². The molecule has 0 aromatic rings. The molecule has 2 nitrogen and oxygen atoms in total. The first-order valence-electron chi connectivity index (χ1n) is 5.32. The molecule has 2 unspecified atom stereocenters. The third kappa shape index (κ3) is 6.15. The van der Waals surface area contributed by atoms with Gasteiger partial charge in [0.2, 0.25) is 7.55 Å². The highest BCUT2D eigenvalue weighted by Crippen LogP contribution is 2.19. The third-order valence-corrected chi connectivity index (χ3v) is 3.05. The molecule has 0 aliphatic rings. The second kappa shape index (κ2) is 7.99. The number of hydrogen-bond donors (Lipinski definition) is 0. The highest BCUT2D eigenvalue weighted by Gasteiger charge is 2.17. The van der Waals surface area contributed by atoms with Crippen LogP contribution in [0.25, 0.3) is 0 Å². The number of carbonyl (C=O) groups excluding carboxylic acids is 1. The van der Waals surface area contributed by atoms with E-state index in [9.17, 15) is 4.79 Å². The van der Waals surface area contributed by atoms with E-state index in [1.54, 1.807) is 0 Å². The van der Waals surface area contributed by atoms with Gasteiger partial charge in [0.15, 0.2) is 0 Å². The van der Waals surface area contributed by atoms with Crippen molar-refractivity contribution in [2.24, 2.45) is 5.92 Å². The van der Waals surface area contributed by atoms with Gasteiger partial charge >= 0.3 is 5.71 Å². The maximum Gasteiger partial charge on any atom is 0.509 e. The van der Waals surface area contributed by atoms with E-state index in [0.29, 0.717) is 12.5 Å². The van der Waals surface area contributed by atoms with Crippen LogP contribution in [0.15, 0.2) is 0 Å². The van der Waals surface area contributed by atoms with Gasteiger partial charge in [0, 0.05) is 0 Å². The molecule has 3 heteroatoms. The zero-order chi connectivity index (χ0) is 11.0. The van der Waals surface area contributed by atoms with Crippen LogP contribution < -0.4 is 0 Å². The summed E-state index contributed by atoms with van der Waals surface area (Å²) in [7, 11) is -0.821. The monoisotopic (exact) mass is 217 g/mol. The SMILES string of the molecule is C=[P+](C)C(=O)OCC(CC)CCCC. The molecule has 0 radical (unpaired) electrons. The second-order valence-electron chi connectivity index (χ2n) is 3.69. The first-order valence-corrected chi connectivity index (χ1v) is 7.30. The molecule has 0 aromatic heterocycles. The lowest BCUT2D eigenvalue weighted by molar-refractivity contribution is 0.147. The van der Waals surface area contributed by atoms with Crippen molar-refractivity contribution in [3.63, 3.8) is 0 Å². The first-order chi connectivity index (χ1) is 6.61. The molecule has 14 heavy (non-hydrogen) atoms. The van der Waals surface area contributed by atoms with Crippen molar-refractivity contribution in [3.05, 3.63) is 0 Å². The molecule has 2 atom stereocenters. The van der Waals surface area contributed by atoms with Crippen molar-refractivity contribution in [1.82, 2.24) is 0 Å². The normalized spacial score (nSPS) is 13.5. The van der Waals surface area contributed by atoms with Gasteiger partial charge in [0.25, 0.3) is 0 Å². The van der Waals surface area contributed by atoms with E-state index in [-0.39, 0.29) is 5.71 Å². The molecular weight excluding hydrogens is 195 g/mol. The molecule has 0 spiro atoms. The first kappa shape index (κ1) is 13.6. The number of hydrogen-bond acceptors (Lipinski definition) is 2. The summed E-state index contributed by atoms with van der Waals surface area (Å²) in [5, 5.41) is 0. The average molecular weight is 217 g/mol. The van der Waals surface area contributed by atoms with Gasteiger partial charge in [0.1, 0.15) is 6.66 Å². The molecule has 82 valence electrons. The lowest BCUT2D eigenvalue weighted by atomic mass is 10.0. The minimum absolute atomic E-state index is 0.116. The fourth-order valence-electron chi connectivity index (χ4n) is 1.20. The molecule has 0 aromatic carbocycles. The van der Waals surface area contributed by atoms with Crippen LogP contribution in [0.4, 0.5) is 4.79 Å². The molecule has 0 amide bonds. The van der Waals surface area contributed by atoms with Crippen LogP contribution in [-0.2, 0) is 4.74 Å². The van der Waals surface area contributed by atoms with E-state index in [1.807, 2.05) is 6.66 Å². The van der Waals surface area contributed by atoms with Crippen LogP contribution in [-0.4, -0.2) is 25.3 Å². The molecule has 0 N–H and O–H groups in total. The number of carbonyl (C=O) groups is 1. The Balaban J connectivity index is 3.71. The van der Waals surface area contributed by atoms with Crippen LogP contribution in [0, 0.1) is 5.92 Å². The summed E-state index contributed by atoms with van der Waals surface area (Å²) in [6.07, 6.45) is 8.38. The Bertz CT molecular complexity index is 190. The minimum atomic E-state index is -0.821. The van der Waals surface area contributed by atoms with Crippen molar-refractivity contribution in [3.8, 4) is 0 Å². The molecule has 0 bridgehead atoms. The summed E-state index contributed by atoms with van der Waals surface area (Å²) in [5.41, 5.74) is -0.116. The molecular formula is C11H22O2P+. The third-order valence-electron chi connectivity index (χ3n) is 2.30. The number of rotatable bonds is 7. The predicted molar refractivity (Wildman–Crippen MR) is 64.6 cm³/mol. The smallest absolute Gasteiger partial charge is 0.430 e. The van der Waals surface area contributed by atoms with Gasteiger partial charge in [-0.25, -0.2) is 0 Å². The Kier molecular flexibility index (Phi) is 7.78. The molecule has 0 aliphatic carbocycles. The molecule has 0 saturated carbocycles. The summed E-state index contributed by atoms with van der Waals surface area (Å²) in [5.74, 6) is 0.536. The topological polar surface area (TPSA) is 26.3 Å². The lowest BCUT2D eigenvalue weighted by Crippen LogP contribution is -2.10. The lowest BCUT2D eigenvalue weighted by Gasteiger charge is -2.12.